The van der Waals surface area contributed by atoms with E-state index in [-0.39, 0.29) is 4.90 Å². The zero-order chi connectivity index (χ0) is 21.3. The van der Waals surface area contributed by atoms with Gasteiger partial charge in [-0.2, -0.15) is 14.4 Å². The monoisotopic (exact) mass is 427 g/mol. The third-order valence-corrected chi connectivity index (χ3v) is 7.11. The van der Waals surface area contributed by atoms with Gasteiger partial charge in [0.2, 0.25) is 16.0 Å². The van der Waals surface area contributed by atoms with Crippen LogP contribution >= 0.6 is 0 Å². The standard InChI is InChI=1S/C20H25N7O2S/c1-14-15(2)25-26(3)19(14)23-18-9-10-21-20(24-18)22-16-7-6-8-17(13-16)30(28,29)27-11-4-5-12-27/h6-10,13H,4-5,11-12H2,1-3H3,(H2,21,22,23,24). The van der Waals surface area contributed by atoms with Crippen LogP contribution in [0.5, 0.6) is 0 Å². The van der Waals surface area contributed by atoms with E-state index in [1.165, 1.54) is 4.31 Å². The maximum absolute atomic E-state index is 12.8. The zero-order valence-corrected chi connectivity index (χ0v) is 18.1. The highest BCUT2D eigenvalue weighted by Gasteiger charge is 2.27. The Morgan fingerprint density at radius 1 is 1.07 bits per heavy atom. The summed E-state index contributed by atoms with van der Waals surface area (Å²) in [5.74, 6) is 1.84. The lowest BCUT2D eigenvalue weighted by atomic mass is 10.3. The van der Waals surface area contributed by atoms with Gasteiger partial charge in [0.1, 0.15) is 11.6 Å². The van der Waals surface area contributed by atoms with Crippen LogP contribution < -0.4 is 10.6 Å². The summed E-state index contributed by atoms with van der Waals surface area (Å²) in [6.07, 6.45) is 3.45. The van der Waals surface area contributed by atoms with Crippen LogP contribution in [0.15, 0.2) is 41.4 Å². The summed E-state index contributed by atoms with van der Waals surface area (Å²) >= 11 is 0. The zero-order valence-electron chi connectivity index (χ0n) is 17.3. The number of aromatic nitrogens is 4. The quantitative estimate of drug-likeness (QED) is 0.623. The van der Waals surface area contributed by atoms with Crippen molar-refractivity contribution in [2.45, 2.75) is 31.6 Å². The van der Waals surface area contributed by atoms with Gasteiger partial charge >= 0.3 is 0 Å². The number of anilines is 4. The minimum atomic E-state index is -3.48. The molecule has 10 heteroatoms. The molecule has 2 N–H and O–H groups in total. The molecule has 2 aromatic heterocycles. The lowest BCUT2D eigenvalue weighted by molar-refractivity contribution is 0.477. The summed E-state index contributed by atoms with van der Waals surface area (Å²) in [6, 6.07) is 8.51. The molecule has 1 aromatic carbocycles. The Hall–Kier alpha value is -2.98. The highest BCUT2D eigenvalue weighted by Crippen LogP contribution is 2.25. The van der Waals surface area contributed by atoms with Gasteiger partial charge in [-0.25, -0.2) is 13.4 Å². The van der Waals surface area contributed by atoms with E-state index in [1.807, 2.05) is 20.9 Å². The molecule has 0 spiro atoms. The Morgan fingerprint density at radius 3 is 2.53 bits per heavy atom. The fraction of sp³-hybridized carbons (Fsp3) is 0.350. The SMILES string of the molecule is Cc1nn(C)c(Nc2ccnc(Nc3cccc(S(=O)(=O)N4CCCC4)c3)n2)c1C. The second kappa shape index (κ2) is 8.04. The second-order valence-corrected chi connectivity index (χ2v) is 9.28. The molecule has 3 aromatic rings. The van der Waals surface area contributed by atoms with Gasteiger partial charge in [0.15, 0.2) is 0 Å². The van der Waals surface area contributed by atoms with E-state index in [2.05, 4.69) is 25.7 Å². The summed E-state index contributed by atoms with van der Waals surface area (Å²) < 4.78 is 28.9. The summed E-state index contributed by atoms with van der Waals surface area (Å²) in [5.41, 5.74) is 2.61. The van der Waals surface area contributed by atoms with E-state index in [4.69, 9.17) is 0 Å². The van der Waals surface area contributed by atoms with Crippen LogP contribution in [0.4, 0.5) is 23.3 Å². The summed E-state index contributed by atoms with van der Waals surface area (Å²) in [5, 5.41) is 10.8. The molecule has 0 atom stereocenters. The molecule has 9 nitrogen and oxygen atoms in total. The van der Waals surface area contributed by atoms with Crippen molar-refractivity contribution in [1.82, 2.24) is 24.1 Å². The number of sulfonamides is 1. The lowest BCUT2D eigenvalue weighted by Gasteiger charge is -2.16. The van der Waals surface area contributed by atoms with Crippen molar-refractivity contribution >= 4 is 33.3 Å². The molecule has 1 saturated heterocycles. The van der Waals surface area contributed by atoms with E-state index in [0.717, 1.165) is 29.9 Å². The van der Waals surface area contributed by atoms with Crippen molar-refractivity contribution < 1.29 is 8.42 Å². The molecule has 4 rings (SSSR count). The highest BCUT2D eigenvalue weighted by atomic mass is 32.2. The topological polar surface area (TPSA) is 105 Å². The van der Waals surface area contributed by atoms with E-state index in [0.29, 0.717) is 30.5 Å². The number of aryl methyl sites for hydroxylation is 2. The van der Waals surface area contributed by atoms with Gasteiger partial charge in [0, 0.05) is 37.6 Å². The first-order chi connectivity index (χ1) is 14.3. The molecule has 0 radical (unpaired) electrons. The van der Waals surface area contributed by atoms with Crippen LogP contribution in [-0.4, -0.2) is 45.6 Å². The number of rotatable bonds is 6. The molecule has 0 amide bonds. The normalized spacial score (nSPS) is 14.8. The number of nitrogens with one attached hydrogen (secondary N) is 2. The van der Waals surface area contributed by atoms with Crippen molar-refractivity contribution in [1.29, 1.82) is 0 Å². The smallest absolute Gasteiger partial charge is 0.243 e. The van der Waals surface area contributed by atoms with Gasteiger partial charge in [-0.05, 0) is 51.0 Å². The summed E-state index contributed by atoms with van der Waals surface area (Å²) in [6.45, 7) is 5.10. The van der Waals surface area contributed by atoms with Gasteiger partial charge in [0.25, 0.3) is 0 Å². The van der Waals surface area contributed by atoms with Gasteiger partial charge in [0.05, 0.1) is 10.6 Å². The molecule has 1 aliphatic heterocycles. The number of benzene rings is 1. The number of nitrogens with zero attached hydrogens (tertiary/aromatic N) is 5. The van der Waals surface area contributed by atoms with E-state index in [9.17, 15) is 8.42 Å². The van der Waals surface area contributed by atoms with Crippen molar-refractivity contribution in [2.24, 2.45) is 7.05 Å². The van der Waals surface area contributed by atoms with E-state index in [1.54, 1.807) is 41.2 Å². The molecule has 158 valence electrons. The summed E-state index contributed by atoms with van der Waals surface area (Å²) in [4.78, 5) is 9.01. The van der Waals surface area contributed by atoms with Crippen LogP contribution in [0.25, 0.3) is 0 Å². The van der Waals surface area contributed by atoms with Gasteiger partial charge in [-0.15, -0.1) is 0 Å². The highest BCUT2D eigenvalue weighted by molar-refractivity contribution is 7.89. The molecule has 1 aliphatic rings. The van der Waals surface area contributed by atoms with Crippen LogP contribution in [0.1, 0.15) is 24.1 Å². The molecule has 0 unspecified atom stereocenters. The minimum absolute atomic E-state index is 0.268. The maximum Gasteiger partial charge on any atom is 0.243 e. The number of hydrogen-bond acceptors (Lipinski definition) is 7. The predicted octanol–water partition coefficient (Wildman–Crippen LogP) is 3.10. The summed E-state index contributed by atoms with van der Waals surface area (Å²) in [7, 11) is -1.61. The van der Waals surface area contributed by atoms with Crippen molar-refractivity contribution in [3.8, 4) is 0 Å². The third-order valence-electron chi connectivity index (χ3n) is 5.22. The Labute approximate surface area is 176 Å². The van der Waals surface area contributed by atoms with Gasteiger partial charge in [-0.1, -0.05) is 6.07 Å². The van der Waals surface area contributed by atoms with Crippen LogP contribution in [0.2, 0.25) is 0 Å². The average molecular weight is 428 g/mol. The van der Waals surface area contributed by atoms with Crippen LogP contribution in [0, 0.1) is 13.8 Å². The molecule has 1 fully saturated rings. The Morgan fingerprint density at radius 2 is 1.83 bits per heavy atom. The predicted molar refractivity (Wildman–Crippen MR) is 116 cm³/mol. The molecule has 0 saturated carbocycles. The van der Waals surface area contributed by atoms with E-state index >= 15 is 0 Å². The molecule has 0 aliphatic carbocycles. The molecular formula is C20H25N7O2S. The van der Waals surface area contributed by atoms with E-state index < -0.39 is 10.0 Å². The maximum atomic E-state index is 12.8. The van der Waals surface area contributed by atoms with Gasteiger partial charge < -0.3 is 10.6 Å². The minimum Gasteiger partial charge on any atom is -0.325 e. The Kier molecular flexibility index (Phi) is 5.44. The third kappa shape index (κ3) is 4.01. The Bertz CT molecular complexity index is 1170. The van der Waals surface area contributed by atoms with Crippen LogP contribution in [0.3, 0.4) is 0 Å². The van der Waals surface area contributed by atoms with Crippen molar-refractivity contribution in [2.75, 3.05) is 23.7 Å². The number of hydrogen-bond donors (Lipinski definition) is 2. The lowest BCUT2D eigenvalue weighted by Crippen LogP contribution is -2.27. The first-order valence-electron chi connectivity index (χ1n) is 9.82. The van der Waals surface area contributed by atoms with Crippen molar-refractivity contribution in [3.05, 3.63) is 47.8 Å². The average Bonchev–Trinajstić information content (AvgIpc) is 3.34. The first-order valence-corrected chi connectivity index (χ1v) is 11.3. The fourth-order valence-corrected chi connectivity index (χ4v) is 5.05. The van der Waals surface area contributed by atoms with Gasteiger partial charge in [-0.3, -0.25) is 4.68 Å². The molecular weight excluding hydrogens is 402 g/mol. The largest absolute Gasteiger partial charge is 0.325 e. The molecule has 0 bridgehead atoms. The second-order valence-electron chi connectivity index (χ2n) is 7.34. The van der Waals surface area contributed by atoms with Crippen molar-refractivity contribution in [3.63, 3.8) is 0 Å². The van der Waals surface area contributed by atoms with Crippen LogP contribution in [-0.2, 0) is 17.1 Å². The molecule has 3 heterocycles. The fourth-order valence-electron chi connectivity index (χ4n) is 3.49. The first kappa shape index (κ1) is 20.3. The Balaban J connectivity index is 1.54. The molecule has 30 heavy (non-hydrogen) atoms.